The number of amides is 2. The molecule has 3 rings (SSSR count). The monoisotopic (exact) mass is 473 g/mol. The molecule has 0 saturated heterocycles. The standard InChI is InChI=1S/C22H24ClN5O5/c23-17-11-13(6-7-16(17)14-4-2-1-3-5-14)10-15(12-18(29)21(32)33)26-19(30)20(31)27-28-22-24-8-9-25-22/h1-7,11,15,18,29H,8-10,12H2,(H,26,30)(H,27,31)(H,32,33)(H2,24,25,28)/t15-,18-/m1/s1. The van der Waals surface area contributed by atoms with Crippen LogP contribution in [0.4, 0.5) is 0 Å². The number of aliphatic hydroxyl groups excluding tert-OH is 1. The molecule has 2 atom stereocenters. The Balaban J connectivity index is 1.68. The van der Waals surface area contributed by atoms with Crippen molar-refractivity contribution in [3.05, 3.63) is 59.1 Å². The molecule has 0 fully saturated rings. The van der Waals surface area contributed by atoms with Crippen LogP contribution in [0.3, 0.4) is 0 Å². The predicted molar refractivity (Wildman–Crippen MR) is 122 cm³/mol. The highest BCUT2D eigenvalue weighted by atomic mass is 35.5. The van der Waals surface area contributed by atoms with Crippen molar-refractivity contribution in [3.8, 4) is 11.1 Å². The maximum Gasteiger partial charge on any atom is 0.332 e. The molecule has 2 aromatic carbocycles. The van der Waals surface area contributed by atoms with Crippen LogP contribution >= 0.6 is 11.6 Å². The number of hydrogen-bond donors (Lipinski definition) is 6. The Morgan fingerprint density at radius 1 is 1.12 bits per heavy atom. The molecule has 10 nitrogen and oxygen atoms in total. The first-order valence-corrected chi connectivity index (χ1v) is 10.6. The van der Waals surface area contributed by atoms with E-state index < -0.39 is 29.9 Å². The van der Waals surface area contributed by atoms with Crippen molar-refractivity contribution in [2.45, 2.75) is 25.0 Å². The second kappa shape index (κ2) is 11.3. The Morgan fingerprint density at radius 2 is 1.88 bits per heavy atom. The van der Waals surface area contributed by atoms with E-state index in [-0.39, 0.29) is 12.8 Å². The summed E-state index contributed by atoms with van der Waals surface area (Å²) in [5.74, 6) is -3.07. The van der Waals surface area contributed by atoms with Crippen molar-refractivity contribution in [1.82, 2.24) is 21.5 Å². The number of hydrazine groups is 1. The molecule has 0 saturated carbocycles. The summed E-state index contributed by atoms with van der Waals surface area (Å²) >= 11 is 6.44. The number of halogens is 1. The van der Waals surface area contributed by atoms with E-state index in [1.807, 2.05) is 36.4 Å². The number of aliphatic hydroxyl groups is 1. The third-order valence-corrected chi connectivity index (χ3v) is 5.22. The highest BCUT2D eigenvalue weighted by Gasteiger charge is 2.25. The van der Waals surface area contributed by atoms with Gasteiger partial charge in [0.05, 0.1) is 6.54 Å². The number of rotatable bonds is 7. The average Bonchev–Trinajstić information content (AvgIpc) is 3.31. The Hall–Kier alpha value is -3.63. The van der Waals surface area contributed by atoms with Gasteiger partial charge in [-0.15, -0.1) is 0 Å². The van der Waals surface area contributed by atoms with Crippen LogP contribution in [0.5, 0.6) is 0 Å². The van der Waals surface area contributed by atoms with Gasteiger partial charge in [0.1, 0.15) is 0 Å². The van der Waals surface area contributed by atoms with Gasteiger partial charge >= 0.3 is 17.8 Å². The van der Waals surface area contributed by atoms with Crippen molar-refractivity contribution in [3.63, 3.8) is 0 Å². The highest BCUT2D eigenvalue weighted by molar-refractivity contribution is 6.35. The smallest absolute Gasteiger partial charge is 0.332 e. The molecule has 33 heavy (non-hydrogen) atoms. The number of aliphatic carboxylic acids is 1. The number of carboxylic acid groups (broad SMARTS) is 1. The second-order valence-electron chi connectivity index (χ2n) is 7.38. The van der Waals surface area contributed by atoms with Gasteiger partial charge in [0.2, 0.25) is 5.96 Å². The molecule has 0 radical (unpaired) electrons. The molecule has 6 N–H and O–H groups in total. The Bertz CT molecular complexity index is 1050. The molecule has 2 amide bonds. The summed E-state index contributed by atoms with van der Waals surface area (Å²) in [7, 11) is 0. The maximum atomic E-state index is 12.3. The summed E-state index contributed by atoms with van der Waals surface area (Å²) in [5.41, 5.74) is 7.16. The van der Waals surface area contributed by atoms with Gasteiger partial charge in [-0.25, -0.2) is 4.79 Å². The molecule has 1 aliphatic rings. The molecule has 1 heterocycles. The number of carbonyl (C=O) groups excluding carboxylic acids is 2. The minimum absolute atomic E-state index is 0.153. The van der Waals surface area contributed by atoms with E-state index in [0.29, 0.717) is 29.6 Å². The number of aliphatic imine (C=N–C) groups is 1. The average molecular weight is 474 g/mol. The molecular weight excluding hydrogens is 450 g/mol. The quantitative estimate of drug-likeness (QED) is 0.252. The molecule has 0 spiro atoms. The van der Waals surface area contributed by atoms with E-state index in [2.05, 4.69) is 26.5 Å². The lowest BCUT2D eigenvalue weighted by atomic mass is 9.97. The molecule has 1 aliphatic heterocycles. The minimum atomic E-state index is -1.72. The van der Waals surface area contributed by atoms with Crippen molar-refractivity contribution in [2.24, 2.45) is 4.99 Å². The van der Waals surface area contributed by atoms with Crippen LogP contribution in [0.25, 0.3) is 11.1 Å². The second-order valence-corrected chi connectivity index (χ2v) is 7.79. The molecule has 174 valence electrons. The van der Waals surface area contributed by atoms with Crippen LogP contribution in [-0.2, 0) is 20.8 Å². The van der Waals surface area contributed by atoms with Gasteiger partial charge in [-0.3, -0.25) is 25.4 Å². The number of nitrogens with one attached hydrogen (secondary N) is 4. The van der Waals surface area contributed by atoms with E-state index in [1.54, 1.807) is 12.1 Å². The van der Waals surface area contributed by atoms with Crippen LogP contribution in [0, 0.1) is 0 Å². The number of benzene rings is 2. The zero-order chi connectivity index (χ0) is 23.8. The molecule has 11 heteroatoms. The zero-order valence-electron chi connectivity index (χ0n) is 17.5. The van der Waals surface area contributed by atoms with Gasteiger partial charge in [-0.2, -0.15) is 0 Å². The molecule has 0 aromatic heterocycles. The minimum Gasteiger partial charge on any atom is -0.479 e. The topological polar surface area (TPSA) is 152 Å². The van der Waals surface area contributed by atoms with Crippen LogP contribution in [0.1, 0.15) is 12.0 Å². The number of carboxylic acids is 1. The highest BCUT2D eigenvalue weighted by Crippen LogP contribution is 2.29. The molecule has 2 aromatic rings. The SMILES string of the molecule is O=C(NNC1=NCCN1)C(=O)N[C@H](Cc1ccc(-c2ccccc2)c(Cl)c1)C[C@@H](O)C(=O)O. The van der Waals surface area contributed by atoms with Gasteiger partial charge in [0, 0.05) is 29.6 Å². The maximum absolute atomic E-state index is 12.3. The number of hydrogen-bond acceptors (Lipinski definition) is 7. The fourth-order valence-electron chi connectivity index (χ4n) is 3.29. The summed E-state index contributed by atoms with van der Waals surface area (Å²) in [6, 6.07) is 14.0. The van der Waals surface area contributed by atoms with E-state index in [0.717, 1.165) is 11.1 Å². The van der Waals surface area contributed by atoms with Gasteiger partial charge in [-0.1, -0.05) is 54.1 Å². The Morgan fingerprint density at radius 3 is 2.52 bits per heavy atom. The van der Waals surface area contributed by atoms with Crippen molar-refractivity contribution in [1.29, 1.82) is 0 Å². The molecular formula is C22H24ClN5O5. The van der Waals surface area contributed by atoms with Crippen LogP contribution in [0.15, 0.2) is 53.5 Å². The number of carbonyl (C=O) groups is 3. The summed E-state index contributed by atoms with van der Waals surface area (Å²) < 4.78 is 0. The molecule has 0 bridgehead atoms. The Kier molecular flexibility index (Phi) is 8.22. The Labute approximate surface area is 195 Å². The lowest BCUT2D eigenvalue weighted by molar-refractivity contribution is -0.147. The lowest BCUT2D eigenvalue weighted by Gasteiger charge is -2.20. The van der Waals surface area contributed by atoms with Crippen LogP contribution < -0.4 is 21.5 Å². The van der Waals surface area contributed by atoms with Gasteiger partial charge in [0.25, 0.3) is 0 Å². The van der Waals surface area contributed by atoms with Gasteiger partial charge in [-0.05, 0) is 23.6 Å². The van der Waals surface area contributed by atoms with E-state index in [4.69, 9.17) is 16.7 Å². The first kappa shape index (κ1) is 24.0. The van der Waals surface area contributed by atoms with Gasteiger partial charge in [0.15, 0.2) is 6.10 Å². The van der Waals surface area contributed by atoms with E-state index >= 15 is 0 Å². The molecule has 0 aliphatic carbocycles. The number of guanidine groups is 1. The number of nitrogens with zero attached hydrogens (tertiary/aromatic N) is 1. The largest absolute Gasteiger partial charge is 0.479 e. The normalized spacial score (nSPS) is 14.4. The predicted octanol–water partition coefficient (Wildman–Crippen LogP) is 0.450. The van der Waals surface area contributed by atoms with Crippen LogP contribution in [-0.4, -0.2) is 59.2 Å². The summed E-state index contributed by atoms with van der Waals surface area (Å²) in [6.07, 6.45) is -1.86. The van der Waals surface area contributed by atoms with E-state index in [1.165, 1.54) is 0 Å². The first-order chi connectivity index (χ1) is 15.8. The molecule has 0 unspecified atom stereocenters. The summed E-state index contributed by atoms with van der Waals surface area (Å²) in [5, 5.41) is 24.7. The summed E-state index contributed by atoms with van der Waals surface area (Å²) in [6.45, 7) is 1.16. The third-order valence-electron chi connectivity index (χ3n) is 4.90. The lowest BCUT2D eigenvalue weighted by Crippen LogP contribution is -2.53. The first-order valence-electron chi connectivity index (χ1n) is 10.2. The van der Waals surface area contributed by atoms with Crippen molar-refractivity contribution < 1.29 is 24.6 Å². The van der Waals surface area contributed by atoms with E-state index in [9.17, 15) is 19.5 Å². The summed E-state index contributed by atoms with van der Waals surface area (Å²) in [4.78, 5) is 39.6. The third kappa shape index (κ3) is 6.93. The fraction of sp³-hybridized carbons (Fsp3) is 0.273. The van der Waals surface area contributed by atoms with Crippen molar-refractivity contribution >= 4 is 35.3 Å². The van der Waals surface area contributed by atoms with Crippen LogP contribution in [0.2, 0.25) is 5.02 Å². The van der Waals surface area contributed by atoms with Gasteiger partial charge < -0.3 is 20.8 Å². The zero-order valence-corrected chi connectivity index (χ0v) is 18.3. The fourth-order valence-corrected chi connectivity index (χ4v) is 3.60. The van der Waals surface area contributed by atoms with Crippen molar-refractivity contribution in [2.75, 3.05) is 13.1 Å².